The van der Waals surface area contributed by atoms with Gasteiger partial charge < -0.3 is 9.64 Å². The summed E-state index contributed by atoms with van der Waals surface area (Å²) in [6.45, 7) is 7.15. The van der Waals surface area contributed by atoms with Crippen LogP contribution in [0.25, 0.3) is 28.0 Å². The number of carbonyl (C=O) groups is 1. The first-order valence-corrected chi connectivity index (χ1v) is 10.5. The van der Waals surface area contributed by atoms with Crippen LogP contribution in [0.3, 0.4) is 0 Å². The Bertz CT molecular complexity index is 1230. The molecule has 0 aliphatic heterocycles. The molecule has 0 spiro atoms. The summed E-state index contributed by atoms with van der Waals surface area (Å²) in [6, 6.07) is 19.6. The number of rotatable bonds is 6. The second-order valence-corrected chi connectivity index (χ2v) is 7.27. The van der Waals surface area contributed by atoms with E-state index in [-0.39, 0.29) is 5.91 Å². The molecule has 2 aromatic heterocycles. The van der Waals surface area contributed by atoms with Gasteiger partial charge in [-0.25, -0.2) is 9.50 Å². The van der Waals surface area contributed by atoms with Gasteiger partial charge in [-0.15, -0.1) is 0 Å². The average molecular weight is 415 g/mol. The molecule has 2 heterocycles. The minimum atomic E-state index is -0.0958. The monoisotopic (exact) mass is 414 g/mol. The Hall–Kier alpha value is -3.67. The van der Waals surface area contributed by atoms with Crippen LogP contribution in [0.15, 0.2) is 60.7 Å². The van der Waals surface area contributed by atoms with E-state index >= 15 is 0 Å². The highest BCUT2D eigenvalue weighted by molar-refractivity contribution is 5.95. The molecule has 0 atom stereocenters. The van der Waals surface area contributed by atoms with Crippen molar-refractivity contribution in [2.75, 3.05) is 20.2 Å². The van der Waals surface area contributed by atoms with E-state index in [9.17, 15) is 4.79 Å². The predicted octanol–water partition coefficient (Wildman–Crippen LogP) is 4.86. The second kappa shape index (κ2) is 8.60. The van der Waals surface area contributed by atoms with Gasteiger partial charge in [0, 0.05) is 24.2 Å². The normalized spacial score (nSPS) is 11.0. The van der Waals surface area contributed by atoms with E-state index in [4.69, 9.17) is 14.8 Å². The van der Waals surface area contributed by atoms with Crippen LogP contribution >= 0.6 is 0 Å². The Kier molecular flexibility index (Phi) is 5.71. The number of amides is 1. The Morgan fingerprint density at radius 1 is 1.03 bits per heavy atom. The molecule has 6 heteroatoms. The van der Waals surface area contributed by atoms with E-state index in [1.165, 1.54) is 0 Å². The summed E-state index contributed by atoms with van der Waals surface area (Å²) in [5.74, 6) is 0.618. The molecule has 0 N–H and O–H groups in total. The number of aryl methyl sites for hydroxylation is 1. The zero-order valence-electron chi connectivity index (χ0n) is 18.3. The standard InChI is InChI=1S/C25H26N4O2/c1-5-28(6-2)25(30)20-16-21(19-14-10-11-15-22(19)31-4)29-24(26-20)23(17(3)27-29)18-12-8-7-9-13-18/h7-16H,5-6H2,1-4H3. The molecule has 31 heavy (non-hydrogen) atoms. The van der Waals surface area contributed by atoms with Crippen molar-refractivity contribution in [3.05, 3.63) is 72.1 Å². The number of aromatic nitrogens is 3. The molecule has 6 nitrogen and oxygen atoms in total. The summed E-state index contributed by atoms with van der Waals surface area (Å²) in [5, 5.41) is 4.80. The molecule has 0 unspecified atom stereocenters. The molecule has 0 saturated heterocycles. The summed E-state index contributed by atoms with van der Waals surface area (Å²) in [5.41, 5.74) is 5.46. The van der Waals surface area contributed by atoms with E-state index in [1.54, 1.807) is 12.0 Å². The van der Waals surface area contributed by atoms with Crippen molar-refractivity contribution in [1.29, 1.82) is 0 Å². The molecule has 0 saturated carbocycles. The molecule has 0 aliphatic carbocycles. The van der Waals surface area contributed by atoms with Crippen LogP contribution < -0.4 is 4.74 Å². The van der Waals surface area contributed by atoms with Crippen molar-refractivity contribution in [2.45, 2.75) is 20.8 Å². The number of hydrogen-bond acceptors (Lipinski definition) is 4. The maximum absolute atomic E-state index is 13.2. The highest BCUT2D eigenvalue weighted by Crippen LogP contribution is 2.34. The lowest BCUT2D eigenvalue weighted by atomic mass is 10.1. The third kappa shape index (κ3) is 3.65. The highest BCUT2D eigenvalue weighted by Gasteiger charge is 2.23. The number of benzene rings is 2. The van der Waals surface area contributed by atoms with Crippen LogP contribution in [0.4, 0.5) is 0 Å². The molecular formula is C25H26N4O2. The first kappa shape index (κ1) is 20.6. The largest absolute Gasteiger partial charge is 0.496 e. The van der Waals surface area contributed by atoms with Gasteiger partial charge in [-0.2, -0.15) is 5.10 Å². The number of nitrogens with zero attached hydrogens (tertiary/aromatic N) is 4. The fraction of sp³-hybridized carbons (Fsp3) is 0.240. The predicted molar refractivity (Wildman–Crippen MR) is 122 cm³/mol. The minimum absolute atomic E-state index is 0.0958. The SMILES string of the molecule is CCN(CC)C(=O)c1cc(-c2ccccc2OC)n2nc(C)c(-c3ccccc3)c2n1. The molecule has 0 bridgehead atoms. The summed E-state index contributed by atoms with van der Waals surface area (Å²) in [7, 11) is 1.64. The van der Waals surface area contributed by atoms with Gasteiger partial charge in [0.25, 0.3) is 5.91 Å². The molecule has 0 radical (unpaired) electrons. The second-order valence-electron chi connectivity index (χ2n) is 7.27. The van der Waals surface area contributed by atoms with Gasteiger partial charge in [0.05, 0.1) is 18.5 Å². The average Bonchev–Trinajstić information content (AvgIpc) is 3.15. The summed E-state index contributed by atoms with van der Waals surface area (Å²) >= 11 is 0. The Morgan fingerprint density at radius 2 is 1.71 bits per heavy atom. The zero-order valence-corrected chi connectivity index (χ0v) is 18.3. The third-order valence-corrected chi connectivity index (χ3v) is 5.48. The highest BCUT2D eigenvalue weighted by atomic mass is 16.5. The molecular weight excluding hydrogens is 388 g/mol. The third-order valence-electron chi connectivity index (χ3n) is 5.48. The molecule has 158 valence electrons. The van der Waals surface area contributed by atoms with Crippen LogP contribution in [0, 0.1) is 6.92 Å². The van der Waals surface area contributed by atoms with Gasteiger partial charge in [-0.1, -0.05) is 42.5 Å². The lowest BCUT2D eigenvalue weighted by molar-refractivity contribution is 0.0767. The topological polar surface area (TPSA) is 59.7 Å². The van der Waals surface area contributed by atoms with Crippen LogP contribution in [0.5, 0.6) is 5.75 Å². The van der Waals surface area contributed by atoms with Crippen molar-refractivity contribution in [3.8, 4) is 28.1 Å². The Labute approximate surface area is 182 Å². The van der Waals surface area contributed by atoms with Crippen molar-refractivity contribution >= 4 is 11.6 Å². The molecule has 4 aromatic rings. The molecule has 2 aromatic carbocycles. The molecule has 0 aliphatic rings. The van der Waals surface area contributed by atoms with Crippen molar-refractivity contribution in [1.82, 2.24) is 19.5 Å². The lowest BCUT2D eigenvalue weighted by Crippen LogP contribution is -2.31. The number of para-hydroxylation sites is 1. The number of ether oxygens (including phenoxy) is 1. The first-order valence-electron chi connectivity index (χ1n) is 10.5. The first-order chi connectivity index (χ1) is 15.1. The summed E-state index contributed by atoms with van der Waals surface area (Å²) in [4.78, 5) is 19.8. The van der Waals surface area contributed by atoms with Crippen molar-refractivity contribution in [2.24, 2.45) is 0 Å². The van der Waals surface area contributed by atoms with Crippen molar-refractivity contribution < 1.29 is 9.53 Å². The Balaban J connectivity index is 2.05. The van der Waals surface area contributed by atoms with Crippen LogP contribution in [0.1, 0.15) is 30.0 Å². The summed E-state index contributed by atoms with van der Waals surface area (Å²) < 4.78 is 7.42. The number of hydrogen-bond donors (Lipinski definition) is 0. The maximum atomic E-state index is 13.2. The molecule has 0 fully saturated rings. The number of fused-ring (bicyclic) bond motifs is 1. The molecule has 1 amide bonds. The number of carbonyl (C=O) groups excluding carboxylic acids is 1. The smallest absolute Gasteiger partial charge is 0.272 e. The number of methoxy groups -OCH3 is 1. The van der Waals surface area contributed by atoms with Gasteiger partial charge in [-0.05, 0) is 44.5 Å². The summed E-state index contributed by atoms with van der Waals surface area (Å²) in [6.07, 6.45) is 0. The van der Waals surface area contributed by atoms with Gasteiger partial charge in [0.15, 0.2) is 5.65 Å². The maximum Gasteiger partial charge on any atom is 0.272 e. The zero-order chi connectivity index (χ0) is 22.0. The molecule has 4 rings (SSSR count). The van der Waals surface area contributed by atoms with Crippen molar-refractivity contribution in [3.63, 3.8) is 0 Å². The quantitative estimate of drug-likeness (QED) is 0.452. The van der Waals surface area contributed by atoms with E-state index in [2.05, 4.69) is 0 Å². The fourth-order valence-corrected chi connectivity index (χ4v) is 3.90. The van der Waals surface area contributed by atoms with Crippen LogP contribution in [-0.4, -0.2) is 45.6 Å². The lowest BCUT2D eigenvalue weighted by Gasteiger charge is -2.19. The van der Waals surface area contributed by atoms with Gasteiger partial charge in [0.2, 0.25) is 0 Å². The van der Waals surface area contributed by atoms with E-state index < -0.39 is 0 Å². The van der Waals surface area contributed by atoms with E-state index in [1.807, 2.05) is 86.0 Å². The van der Waals surface area contributed by atoms with E-state index in [0.29, 0.717) is 30.2 Å². The van der Waals surface area contributed by atoms with Gasteiger partial charge >= 0.3 is 0 Å². The van der Waals surface area contributed by atoms with Gasteiger partial charge in [0.1, 0.15) is 11.4 Å². The van der Waals surface area contributed by atoms with Crippen LogP contribution in [-0.2, 0) is 0 Å². The minimum Gasteiger partial charge on any atom is -0.496 e. The Morgan fingerprint density at radius 3 is 2.39 bits per heavy atom. The van der Waals surface area contributed by atoms with Gasteiger partial charge in [-0.3, -0.25) is 4.79 Å². The fourth-order valence-electron chi connectivity index (χ4n) is 3.90. The van der Waals surface area contributed by atoms with E-state index in [0.717, 1.165) is 28.1 Å². The van der Waals surface area contributed by atoms with Crippen LogP contribution in [0.2, 0.25) is 0 Å².